The number of carbonyl (C=O) groups is 1. The summed E-state index contributed by atoms with van der Waals surface area (Å²) in [5, 5.41) is 3.26. The largest absolute Gasteiger partial charge is 0.453 e. The van der Waals surface area contributed by atoms with Gasteiger partial charge in [-0.05, 0) is 28.1 Å². The Morgan fingerprint density at radius 3 is 2.24 bits per heavy atom. The van der Waals surface area contributed by atoms with Crippen LogP contribution in [0, 0.1) is 5.41 Å². The Bertz CT molecular complexity index is 1450. The second-order valence-corrected chi connectivity index (χ2v) is 10.8. The lowest BCUT2D eigenvalue weighted by Gasteiger charge is -2.46. The summed E-state index contributed by atoms with van der Waals surface area (Å²) in [6, 6.07) is 19.9. The zero-order chi connectivity index (χ0) is 30.5. The first-order chi connectivity index (χ1) is 19.9. The number of aromatic nitrogens is 2. The average Bonchev–Trinajstić information content (AvgIpc) is 3.18. The molecule has 0 radical (unpaired) electrons. The molecular weight excluding hydrogens is 550 g/mol. The van der Waals surface area contributed by atoms with Gasteiger partial charge in [0.2, 0.25) is 6.23 Å². The zero-order valence-corrected chi connectivity index (χ0v) is 23.4. The van der Waals surface area contributed by atoms with Crippen LogP contribution in [0.15, 0.2) is 82.8 Å². The fourth-order valence-electron chi connectivity index (χ4n) is 5.21. The van der Waals surface area contributed by atoms with Gasteiger partial charge < -0.3 is 19.9 Å². The molecular formula is C29H32F2N6O5. The van der Waals surface area contributed by atoms with Crippen molar-refractivity contribution < 1.29 is 27.8 Å². The lowest BCUT2D eigenvalue weighted by atomic mass is 9.68. The predicted octanol–water partition coefficient (Wildman–Crippen LogP) is 4.98. The fourth-order valence-corrected chi connectivity index (χ4v) is 5.21. The topological polar surface area (TPSA) is 154 Å². The highest BCUT2D eigenvalue weighted by Crippen LogP contribution is 2.50. The maximum Gasteiger partial charge on any atom is 0.351 e. The van der Waals surface area contributed by atoms with Gasteiger partial charge in [0.25, 0.3) is 0 Å². The Hall–Kier alpha value is -4.32. The normalized spacial score (nSPS) is 20.1. The Morgan fingerprint density at radius 1 is 1.12 bits per heavy atom. The number of azide groups is 1. The minimum atomic E-state index is -3.88. The molecule has 3 aromatic rings. The Balaban J connectivity index is 1.76. The number of nitrogens with zero attached hydrogens (tertiary/aromatic N) is 5. The van der Waals surface area contributed by atoms with E-state index < -0.39 is 60.1 Å². The standard InChI is InChI=1S/C29H32F2N6O5/c1-27(2,3)28(19-10-6-4-7-11-19,20-12-8-5-9-13-20)40-18-21-24(42-23(38)14-16-34-36-33)29(30,31)25(41-21)37-17-15-22(32)35-26(37)39/h4-13,15,17,21,24-25H,14,16,18H2,1-3H3,(H2,32,35,39)/t21-,24?,25-/m1/s1. The monoisotopic (exact) mass is 582 g/mol. The number of alkyl halides is 2. The molecule has 0 bridgehead atoms. The molecule has 1 aromatic heterocycles. The summed E-state index contributed by atoms with van der Waals surface area (Å²) >= 11 is 0. The molecule has 11 nitrogen and oxygen atoms in total. The molecule has 1 aliphatic heterocycles. The Labute approximate surface area is 240 Å². The second-order valence-electron chi connectivity index (χ2n) is 10.8. The zero-order valence-electron chi connectivity index (χ0n) is 23.4. The van der Waals surface area contributed by atoms with Gasteiger partial charge in [-0.3, -0.25) is 9.36 Å². The number of ether oxygens (including phenoxy) is 3. The molecule has 1 fully saturated rings. The van der Waals surface area contributed by atoms with E-state index in [2.05, 4.69) is 15.0 Å². The van der Waals surface area contributed by atoms with E-state index in [0.29, 0.717) is 4.57 Å². The molecule has 1 aliphatic rings. The molecule has 3 atom stereocenters. The van der Waals surface area contributed by atoms with Crippen molar-refractivity contribution in [2.24, 2.45) is 10.5 Å². The SMILES string of the molecule is CC(C)(C)C(OC[C@H]1O[C@@H](n2ccc(N)nc2=O)C(F)(F)C1OC(=O)CCN=[N+]=[N-])(c1ccccc1)c1ccccc1. The second kappa shape index (κ2) is 12.3. The van der Waals surface area contributed by atoms with Gasteiger partial charge in [-0.25, -0.2) is 4.79 Å². The molecule has 0 spiro atoms. The molecule has 2 heterocycles. The Morgan fingerprint density at radius 2 is 1.71 bits per heavy atom. The number of hydrogen-bond acceptors (Lipinski definition) is 8. The number of benzene rings is 2. The lowest BCUT2D eigenvalue weighted by Crippen LogP contribution is -2.48. The smallest absolute Gasteiger partial charge is 0.351 e. The van der Waals surface area contributed by atoms with Crippen molar-refractivity contribution >= 4 is 11.8 Å². The number of rotatable bonds is 10. The highest BCUT2D eigenvalue weighted by Gasteiger charge is 2.63. The molecule has 222 valence electrons. The summed E-state index contributed by atoms with van der Waals surface area (Å²) in [6.07, 6.45) is -5.21. The first-order valence-electron chi connectivity index (χ1n) is 13.2. The fraction of sp³-hybridized carbons (Fsp3) is 0.414. The number of nitrogens with two attached hydrogens (primary N) is 1. The van der Waals surface area contributed by atoms with Crippen molar-refractivity contribution in [1.29, 1.82) is 0 Å². The van der Waals surface area contributed by atoms with Crippen LogP contribution in [0.2, 0.25) is 0 Å². The maximum atomic E-state index is 16.0. The molecule has 1 saturated heterocycles. The molecule has 0 amide bonds. The van der Waals surface area contributed by atoms with E-state index in [4.69, 9.17) is 25.5 Å². The lowest BCUT2D eigenvalue weighted by molar-refractivity contribution is -0.178. The van der Waals surface area contributed by atoms with Crippen LogP contribution in [0.25, 0.3) is 10.4 Å². The number of carbonyl (C=O) groups excluding carboxylic acids is 1. The summed E-state index contributed by atoms with van der Waals surface area (Å²) in [7, 11) is 0. The summed E-state index contributed by atoms with van der Waals surface area (Å²) in [5.74, 6) is -5.07. The summed E-state index contributed by atoms with van der Waals surface area (Å²) in [4.78, 5) is 31.1. The third-order valence-electron chi connectivity index (χ3n) is 7.07. The van der Waals surface area contributed by atoms with E-state index in [1.165, 1.54) is 6.07 Å². The third-order valence-corrected chi connectivity index (χ3v) is 7.07. The van der Waals surface area contributed by atoms with Gasteiger partial charge in [0.1, 0.15) is 17.5 Å². The van der Waals surface area contributed by atoms with Gasteiger partial charge in [-0.2, -0.15) is 13.8 Å². The van der Waals surface area contributed by atoms with Crippen LogP contribution in [0.3, 0.4) is 0 Å². The summed E-state index contributed by atoms with van der Waals surface area (Å²) in [5.41, 5.74) is 12.8. The van der Waals surface area contributed by atoms with Gasteiger partial charge >= 0.3 is 17.6 Å². The Kier molecular flexibility index (Phi) is 8.95. The van der Waals surface area contributed by atoms with Crippen molar-refractivity contribution in [1.82, 2.24) is 9.55 Å². The van der Waals surface area contributed by atoms with E-state index in [-0.39, 0.29) is 12.4 Å². The van der Waals surface area contributed by atoms with Crippen molar-refractivity contribution in [3.8, 4) is 0 Å². The number of hydrogen-bond donors (Lipinski definition) is 1. The predicted molar refractivity (Wildman–Crippen MR) is 149 cm³/mol. The quantitative estimate of drug-likeness (QED) is 0.153. The van der Waals surface area contributed by atoms with Gasteiger partial charge in [0.05, 0.1) is 13.0 Å². The highest BCUT2D eigenvalue weighted by atomic mass is 19.3. The van der Waals surface area contributed by atoms with Gasteiger partial charge in [-0.1, -0.05) is 86.5 Å². The highest BCUT2D eigenvalue weighted by molar-refractivity contribution is 5.70. The molecule has 0 saturated carbocycles. The minimum Gasteiger partial charge on any atom is -0.453 e. The van der Waals surface area contributed by atoms with Crippen LogP contribution >= 0.6 is 0 Å². The van der Waals surface area contributed by atoms with E-state index in [1.54, 1.807) is 0 Å². The van der Waals surface area contributed by atoms with Crippen LogP contribution in [-0.2, 0) is 24.6 Å². The molecule has 1 unspecified atom stereocenters. The molecule has 2 N–H and O–H groups in total. The first kappa shape index (κ1) is 30.6. The minimum absolute atomic E-state index is 0.154. The van der Waals surface area contributed by atoms with Crippen molar-refractivity contribution in [2.45, 2.75) is 57.2 Å². The van der Waals surface area contributed by atoms with Crippen LogP contribution in [0.4, 0.5) is 14.6 Å². The van der Waals surface area contributed by atoms with Gasteiger partial charge in [-0.15, -0.1) is 0 Å². The average molecular weight is 583 g/mol. The van der Waals surface area contributed by atoms with E-state index in [1.807, 2.05) is 81.4 Å². The van der Waals surface area contributed by atoms with E-state index in [0.717, 1.165) is 17.3 Å². The summed E-state index contributed by atoms with van der Waals surface area (Å²) in [6.45, 7) is 5.17. The first-order valence-corrected chi connectivity index (χ1v) is 13.2. The number of nitrogen functional groups attached to an aromatic ring is 1. The van der Waals surface area contributed by atoms with Gasteiger partial charge in [0, 0.05) is 17.7 Å². The number of esters is 1. The van der Waals surface area contributed by atoms with Crippen LogP contribution in [0.1, 0.15) is 44.5 Å². The van der Waals surface area contributed by atoms with Crippen molar-refractivity contribution in [2.75, 3.05) is 18.9 Å². The van der Waals surface area contributed by atoms with E-state index >= 15 is 8.78 Å². The molecule has 0 aliphatic carbocycles. The van der Waals surface area contributed by atoms with Crippen LogP contribution in [0.5, 0.6) is 0 Å². The third kappa shape index (κ3) is 5.98. The number of anilines is 1. The van der Waals surface area contributed by atoms with Gasteiger partial charge in [0.15, 0.2) is 6.10 Å². The van der Waals surface area contributed by atoms with Crippen molar-refractivity contribution in [3.63, 3.8) is 0 Å². The summed E-state index contributed by atoms with van der Waals surface area (Å²) < 4.78 is 50.2. The van der Waals surface area contributed by atoms with Crippen molar-refractivity contribution in [3.05, 3.63) is 105 Å². The molecule has 4 rings (SSSR count). The van der Waals surface area contributed by atoms with Crippen LogP contribution in [-0.4, -0.2) is 46.8 Å². The maximum absolute atomic E-state index is 16.0. The molecule has 2 aromatic carbocycles. The molecule has 13 heteroatoms. The van der Waals surface area contributed by atoms with Crippen LogP contribution < -0.4 is 11.4 Å². The van der Waals surface area contributed by atoms with E-state index in [9.17, 15) is 9.59 Å². The molecule has 42 heavy (non-hydrogen) atoms. The number of halogens is 2.